The summed E-state index contributed by atoms with van der Waals surface area (Å²) in [6.07, 6.45) is 1.76. The van der Waals surface area contributed by atoms with Gasteiger partial charge >= 0.3 is 0 Å². The van der Waals surface area contributed by atoms with Crippen LogP contribution in [-0.2, 0) is 0 Å². The Morgan fingerprint density at radius 1 is 1.00 bits per heavy atom. The van der Waals surface area contributed by atoms with Crippen LogP contribution in [0.1, 0.15) is 0 Å². The molecular formula is C16H13N5. The first kappa shape index (κ1) is 11.8. The monoisotopic (exact) mass is 275 g/mol. The summed E-state index contributed by atoms with van der Waals surface area (Å²) in [6.45, 7) is 0. The van der Waals surface area contributed by atoms with Gasteiger partial charge in [0.2, 0.25) is 5.95 Å². The minimum atomic E-state index is 0.579. The van der Waals surface area contributed by atoms with Crippen molar-refractivity contribution in [3.8, 4) is 11.3 Å². The standard InChI is InChI=1S/C16H13N5/c1-17-16-19-14(13-9-18-21-15(13)20-16)12-7-6-10-4-2-3-5-11(10)8-12/h2-9H,1H3,(H2,17,18,19,20,21). The van der Waals surface area contributed by atoms with E-state index in [1.807, 2.05) is 19.2 Å². The lowest BCUT2D eigenvalue weighted by atomic mass is 10.0. The highest BCUT2D eigenvalue weighted by molar-refractivity contribution is 5.94. The second kappa shape index (κ2) is 4.56. The van der Waals surface area contributed by atoms with Gasteiger partial charge < -0.3 is 5.32 Å². The van der Waals surface area contributed by atoms with E-state index in [0.717, 1.165) is 22.3 Å². The van der Waals surface area contributed by atoms with E-state index in [0.29, 0.717) is 5.95 Å². The first-order chi connectivity index (χ1) is 10.3. The fourth-order valence-electron chi connectivity index (χ4n) is 2.50. The zero-order valence-electron chi connectivity index (χ0n) is 11.5. The molecule has 2 aromatic carbocycles. The van der Waals surface area contributed by atoms with Crippen molar-refractivity contribution < 1.29 is 0 Å². The van der Waals surface area contributed by atoms with Crippen molar-refractivity contribution in [1.29, 1.82) is 0 Å². The second-order valence-corrected chi connectivity index (χ2v) is 4.84. The number of anilines is 1. The maximum absolute atomic E-state index is 4.59. The summed E-state index contributed by atoms with van der Waals surface area (Å²) < 4.78 is 0. The number of benzene rings is 2. The van der Waals surface area contributed by atoms with E-state index in [4.69, 9.17) is 0 Å². The number of hydrogen-bond acceptors (Lipinski definition) is 4. The molecule has 0 aliphatic heterocycles. The van der Waals surface area contributed by atoms with Gasteiger partial charge in [-0.25, -0.2) is 4.98 Å². The molecule has 0 atom stereocenters. The molecule has 21 heavy (non-hydrogen) atoms. The molecule has 5 nitrogen and oxygen atoms in total. The molecule has 0 aliphatic rings. The van der Waals surface area contributed by atoms with Gasteiger partial charge in [-0.05, 0) is 16.8 Å². The van der Waals surface area contributed by atoms with Crippen LogP contribution in [0, 0.1) is 0 Å². The highest BCUT2D eigenvalue weighted by atomic mass is 15.2. The van der Waals surface area contributed by atoms with Crippen molar-refractivity contribution >= 4 is 27.8 Å². The summed E-state index contributed by atoms with van der Waals surface area (Å²) in [4.78, 5) is 8.95. The van der Waals surface area contributed by atoms with E-state index in [1.54, 1.807) is 6.20 Å². The van der Waals surface area contributed by atoms with Gasteiger partial charge in [0.15, 0.2) is 5.65 Å². The summed E-state index contributed by atoms with van der Waals surface area (Å²) in [7, 11) is 1.81. The van der Waals surface area contributed by atoms with Gasteiger partial charge in [0.05, 0.1) is 17.3 Å². The van der Waals surface area contributed by atoms with E-state index in [2.05, 4.69) is 55.8 Å². The van der Waals surface area contributed by atoms with Crippen LogP contribution in [0.25, 0.3) is 33.1 Å². The molecule has 0 amide bonds. The quantitative estimate of drug-likeness (QED) is 0.589. The van der Waals surface area contributed by atoms with E-state index in [9.17, 15) is 0 Å². The Hall–Kier alpha value is -2.95. The maximum Gasteiger partial charge on any atom is 0.225 e. The largest absolute Gasteiger partial charge is 0.357 e. The smallest absolute Gasteiger partial charge is 0.225 e. The summed E-state index contributed by atoms with van der Waals surface area (Å²) in [5, 5.41) is 13.3. The van der Waals surface area contributed by atoms with Gasteiger partial charge in [-0.3, -0.25) is 5.10 Å². The molecule has 0 saturated heterocycles. The second-order valence-electron chi connectivity index (χ2n) is 4.84. The molecule has 2 N–H and O–H groups in total. The third-order valence-electron chi connectivity index (χ3n) is 3.56. The van der Waals surface area contributed by atoms with Gasteiger partial charge in [0, 0.05) is 12.6 Å². The Bertz CT molecular complexity index is 942. The van der Waals surface area contributed by atoms with Gasteiger partial charge in [0.25, 0.3) is 0 Å². The molecule has 0 bridgehead atoms. The SMILES string of the molecule is CNc1nc(-c2ccc3ccccc3c2)c2cn[nH]c2n1. The van der Waals surface area contributed by atoms with Crippen LogP contribution in [0.5, 0.6) is 0 Å². The van der Waals surface area contributed by atoms with Crippen LogP contribution in [0.15, 0.2) is 48.7 Å². The number of aromatic nitrogens is 4. The molecule has 0 unspecified atom stereocenters. The first-order valence-corrected chi connectivity index (χ1v) is 6.73. The minimum Gasteiger partial charge on any atom is -0.357 e. The number of rotatable bonds is 2. The number of H-pyrrole nitrogens is 1. The van der Waals surface area contributed by atoms with Crippen molar-refractivity contribution in [3.05, 3.63) is 48.7 Å². The average Bonchev–Trinajstić information content (AvgIpc) is 3.01. The van der Waals surface area contributed by atoms with E-state index in [1.165, 1.54) is 10.8 Å². The number of nitrogens with zero attached hydrogens (tertiary/aromatic N) is 3. The summed E-state index contributed by atoms with van der Waals surface area (Å²) >= 11 is 0. The number of fused-ring (bicyclic) bond motifs is 2. The lowest BCUT2D eigenvalue weighted by Crippen LogP contribution is -1.98. The van der Waals surface area contributed by atoms with Crippen molar-refractivity contribution in [1.82, 2.24) is 20.2 Å². The van der Waals surface area contributed by atoms with Crippen molar-refractivity contribution in [3.63, 3.8) is 0 Å². The lowest BCUT2D eigenvalue weighted by Gasteiger charge is -2.06. The Balaban J connectivity index is 2.00. The minimum absolute atomic E-state index is 0.579. The van der Waals surface area contributed by atoms with Crippen molar-refractivity contribution in [2.24, 2.45) is 0 Å². The van der Waals surface area contributed by atoms with E-state index in [-0.39, 0.29) is 0 Å². The van der Waals surface area contributed by atoms with Crippen molar-refractivity contribution in [2.45, 2.75) is 0 Å². The van der Waals surface area contributed by atoms with Gasteiger partial charge in [-0.2, -0.15) is 10.1 Å². The molecule has 2 heterocycles. The highest BCUT2D eigenvalue weighted by Gasteiger charge is 2.11. The van der Waals surface area contributed by atoms with Crippen LogP contribution in [-0.4, -0.2) is 27.2 Å². The Morgan fingerprint density at radius 2 is 1.86 bits per heavy atom. The van der Waals surface area contributed by atoms with Crippen LogP contribution in [0.2, 0.25) is 0 Å². The molecule has 0 aliphatic carbocycles. The van der Waals surface area contributed by atoms with Crippen LogP contribution < -0.4 is 5.32 Å². The molecule has 2 aromatic heterocycles. The highest BCUT2D eigenvalue weighted by Crippen LogP contribution is 2.28. The van der Waals surface area contributed by atoms with Gasteiger partial charge in [-0.1, -0.05) is 36.4 Å². The molecule has 0 spiro atoms. The zero-order valence-corrected chi connectivity index (χ0v) is 11.5. The lowest BCUT2D eigenvalue weighted by molar-refractivity contribution is 1.09. The van der Waals surface area contributed by atoms with E-state index >= 15 is 0 Å². The summed E-state index contributed by atoms with van der Waals surface area (Å²) in [5.74, 6) is 0.579. The van der Waals surface area contributed by atoms with Crippen molar-refractivity contribution in [2.75, 3.05) is 12.4 Å². The summed E-state index contributed by atoms with van der Waals surface area (Å²) in [6, 6.07) is 14.6. The Labute approximate surface area is 121 Å². The van der Waals surface area contributed by atoms with Crippen LogP contribution in [0.3, 0.4) is 0 Å². The van der Waals surface area contributed by atoms with E-state index < -0.39 is 0 Å². The molecule has 0 radical (unpaired) electrons. The first-order valence-electron chi connectivity index (χ1n) is 6.73. The predicted octanol–water partition coefficient (Wildman–Crippen LogP) is 3.21. The fraction of sp³-hybridized carbons (Fsp3) is 0.0625. The van der Waals surface area contributed by atoms with Crippen LogP contribution in [0.4, 0.5) is 5.95 Å². The average molecular weight is 275 g/mol. The number of hydrogen-bond donors (Lipinski definition) is 2. The molecule has 5 heteroatoms. The van der Waals surface area contributed by atoms with Gasteiger partial charge in [-0.15, -0.1) is 0 Å². The topological polar surface area (TPSA) is 66.5 Å². The molecule has 4 rings (SSSR count). The maximum atomic E-state index is 4.59. The zero-order chi connectivity index (χ0) is 14.2. The molecule has 0 saturated carbocycles. The van der Waals surface area contributed by atoms with Gasteiger partial charge in [0.1, 0.15) is 0 Å². The Morgan fingerprint density at radius 3 is 2.71 bits per heavy atom. The fourth-order valence-corrected chi connectivity index (χ4v) is 2.50. The van der Waals surface area contributed by atoms with Crippen LogP contribution >= 0.6 is 0 Å². The molecule has 4 aromatic rings. The predicted molar refractivity (Wildman–Crippen MR) is 84.2 cm³/mol. The number of aromatic amines is 1. The number of nitrogens with one attached hydrogen (secondary N) is 2. The normalized spacial score (nSPS) is 11.1. The third-order valence-corrected chi connectivity index (χ3v) is 3.56. The molecular weight excluding hydrogens is 262 g/mol. The Kier molecular flexibility index (Phi) is 2.57. The summed E-state index contributed by atoms with van der Waals surface area (Å²) in [5.41, 5.74) is 2.67. The molecule has 0 fully saturated rings. The molecule has 102 valence electrons. The third kappa shape index (κ3) is 1.90.